The van der Waals surface area contributed by atoms with Gasteiger partial charge in [0.1, 0.15) is 5.82 Å². The predicted molar refractivity (Wildman–Crippen MR) is 120 cm³/mol. The van der Waals surface area contributed by atoms with Gasteiger partial charge in [0, 0.05) is 22.7 Å². The molecule has 1 unspecified atom stereocenters. The minimum atomic E-state index is -2.64. The molecule has 0 aliphatic rings. The molecule has 0 radical (unpaired) electrons. The topological polar surface area (TPSA) is 97.9 Å². The highest BCUT2D eigenvalue weighted by Crippen LogP contribution is 2.25. The van der Waals surface area contributed by atoms with Crippen molar-refractivity contribution in [2.24, 2.45) is 0 Å². The number of halogens is 3. The van der Waals surface area contributed by atoms with Gasteiger partial charge in [-0.15, -0.1) is 0 Å². The van der Waals surface area contributed by atoms with E-state index in [1.54, 1.807) is 25.1 Å². The van der Waals surface area contributed by atoms with Gasteiger partial charge in [-0.2, -0.15) is 0 Å². The number of anilines is 1. The van der Waals surface area contributed by atoms with Crippen LogP contribution in [0.1, 0.15) is 52.4 Å². The molecule has 0 saturated carbocycles. The molecule has 1 atom stereocenters. The Morgan fingerprint density at radius 3 is 2.44 bits per heavy atom. The van der Waals surface area contributed by atoms with Crippen LogP contribution in [-0.4, -0.2) is 30.7 Å². The second kappa shape index (κ2) is 9.42. The van der Waals surface area contributed by atoms with Crippen molar-refractivity contribution in [2.75, 3.05) is 5.73 Å². The molecule has 0 bridgehead atoms. The van der Waals surface area contributed by atoms with Gasteiger partial charge < -0.3 is 10.6 Å². The zero-order valence-corrected chi connectivity index (χ0v) is 18.4. The van der Waals surface area contributed by atoms with Crippen molar-refractivity contribution < 1.29 is 18.0 Å². The molecule has 1 aromatic carbocycles. The summed E-state index contributed by atoms with van der Waals surface area (Å²) in [6.45, 7) is 3.53. The Kier molecular flexibility index (Phi) is 6.40. The van der Waals surface area contributed by atoms with E-state index in [1.807, 2.05) is 13.0 Å². The minimum absolute atomic E-state index is 0.00130. The van der Waals surface area contributed by atoms with Crippen molar-refractivity contribution in [1.82, 2.24) is 24.8 Å². The quantitative estimate of drug-likeness (QED) is 0.439. The SMILES string of the molecule is Cc1cc2cc(C(=O)N(Cc3ccc(C(F)F)cn3)C(C)c3ncc(F)cn3)ccc2nc1N. The van der Waals surface area contributed by atoms with Crippen molar-refractivity contribution in [3.05, 3.63) is 89.0 Å². The molecule has 7 nitrogen and oxygen atoms in total. The summed E-state index contributed by atoms with van der Waals surface area (Å²) < 4.78 is 39.2. The molecule has 0 spiro atoms. The third-order valence-corrected chi connectivity index (χ3v) is 5.47. The first-order valence-corrected chi connectivity index (χ1v) is 10.4. The van der Waals surface area contributed by atoms with E-state index in [4.69, 9.17) is 5.73 Å². The van der Waals surface area contributed by atoms with Crippen LogP contribution in [0, 0.1) is 12.7 Å². The third kappa shape index (κ3) is 4.80. The Balaban J connectivity index is 1.71. The average Bonchev–Trinajstić information content (AvgIpc) is 2.83. The normalized spacial score (nSPS) is 12.2. The number of carbonyl (C=O) groups is 1. The number of amides is 1. The highest BCUT2D eigenvalue weighted by Gasteiger charge is 2.26. The Morgan fingerprint density at radius 2 is 1.79 bits per heavy atom. The summed E-state index contributed by atoms with van der Waals surface area (Å²) >= 11 is 0. The summed E-state index contributed by atoms with van der Waals surface area (Å²) in [5, 5.41) is 0.739. The van der Waals surface area contributed by atoms with Crippen LogP contribution >= 0.6 is 0 Å². The maximum absolute atomic E-state index is 13.6. The average molecular weight is 466 g/mol. The van der Waals surface area contributed by atoms with Crippen LogP contribution in [0.4, 0.5) is 19.0 Å². The minimum Gasteiger partial charge on any atom is -0.383 e. The molecule has 4 rings (SSSR count). The fourth-order valence-corrected chi connectivity index (χ4v) is 3.49. The third-order valence-electron chi connectivity index (χ3n) is 5.47. The van der Waals surface area contributed by atoms with Gasteiger partial charge in [0.25, 0.3) is 12.3 Å². The largest absolute Gasteiger partial charge is 0.383 e. The number of carbonyl (C=O) groups excluding carboxylic acids is 1. The number of nitrogens with two attached hydrogens (primary N) is 1. The number of hydrogen-bond donors (Lipinski definition) is 1. The van der Waals surface area contributed by atoms with E-state index in [0.717, 1.165) is 29.5 Å². The Morgan fingerprint density at radius 1 is 1.06 bits per heavy atom. The summed E-state index contributed by atoms with van der Waals surface area (Å²) in [6.07, 6.45) is 0.476. The Hall–Kier alpha value is -4.08. The lowest BCUT2D eigenvalue weighted by atomic mass is 10.1. The lowest BCUT2D eigenvalue weighted by molar-refractivity contribution is 0.0663. The molecule has 0 saturated heterocycles. The second-order valence-corrected chi connectivity index (χ2v) is 7.85. The molecular weight excluding hydrogens is 445 g/mol. The van der Waals surface area contributed by atoms with Crippen LogP contribution in [-0.2, 0) is 6.54 Å². The van der Waals surface area contributed by atoms with Crippen LogP contribution < -0.4 is 5.73 Å². The molecule has 0 aliphatic heterocycles. The number of benzene rings is 1. The summed E-state index contributed by atoms with van der Waals surface area (Å²) in [6, 6.07) is 8.92. The lowest BCUT2D eigenvalue weighted by Gasteiger charge is -2.28. The van der Waals surface area contributed by atoms with Gasteiger partial charge in [0.15, 0.2) is 11.6 Å². The molecular formula is C24H21F3N6O. The number of pyridine rings is 2. The molecule has 3 aromatic heterocycles. The molecule has 2 N–H and O–H groups in total. The van der Waals surface area contributed by atoms with Gasteiger partial charge in [0.05, 0.1) is 36.2 Å². The maximum Gasteiger partial charge on any atom is 0.265 e. The number of fused-ring (bicyclic) bond motifs is 1. The molecule has 10 heteroatoms. The van der Waals surface area contributed by atoms with Crippen molar-refractivity contribution in [3.63, 3.8) is 0 Å². The predicted octanol–water partition coefficient (Wildman–Crippen LogP) is 4.79. The first kappa shape index (κ1) is 23.1. The highest BCUT2D eigenvalue weighted by atomic mass is 19.3. The van der Waals surface area contributed by atoms with Crippen molar-refractivity contribution in [2.45, 2.75) is 32.9 Å². The Labute approximate surface area is 193 Å². The van der Waals surface area contributed by atoms with Gasteiger partial charge in [-0.1, -0.05) is 0 Å². The van der Waals surface area contributed by atoms with Crippen molar-refractivity contribution in [1.29, 1.82) is 0 Å². The monoisotopic (exact) mass is 466 g/mol. The number of hydrogen-bond acceptors (Lipinski definition) is 6. The fourth-order valence-electron chi connectivity index (χ4n) is 3.49. The molecule has 4 aromatic rings. The van der Waals surface area contributed by atoms with E-state index in [9.17, 15) is 18.0 Å². The molecule has 0 aliphatic carbocycles. The van der Waals surface area contributed by atoms with Gasteiger partial charge in [0.2, 0.25) is 0 Å². The first-order valence-electron chi connectivity index (χ1n) is 10.4. The van der Waals surface area contributed by atoms with Crippen molar-refractivity contribution in [3.8, 4) is 0 Å². The molecule has 1 amide bonds. The van der Waals surface area contributed by atoms with E-state index in [2.05, 4.69) is 19.9 Å². The van der Waals surface area contributed by atoms with Crippen LogP contribution in [0.25, 0.3) is 10.9 Å². The zero-order chi connectivity index (χ0) is 24.4. The highest BCUT2D eigenvalue weighted by molar-refractivity contribution is 5.98. The second-order valence-electron chi connectivity index (χ2n) is 7.85. The van der Waals surface area contributed by atoms with Gasteiger partial charge in [-0.05, 0) is 55.8 Å². The van der Waals surface area contributed by atoms with Gasteiger partial charge >= 0.3 is 0 Å². The van der Waals surface area contributed by atoms with Gasteiger partial charge in [-0.3, -0.25) is 9.78 Å². The van der Waals surface area contributed by atoms with Crippen molar-refractivity contribution >= 4 is 22.6 Å². The van der Waals surface area contributed by atoms with E-state index in [-0.39, 0.29) is 23.8 Å². The first-order chi connectivity index (χ1) is 16.2. The Bertz CT molecular complexity index is 1330. The number of aromatic nitrogens is 4. The smallest absolute Gasteiger partial charge is 0.265 e. The van der Waals surface area contributed by atoms with E-state index < -0.39 is 18.3 Å². The van der Waals surface area contributed by atoms with Crippen LogP contribution in [0.15, 0.2) is 55.0 Å². The lowest BCUT2D eigenvalue weighted by Crippen LogP contribution is -2.34. The van der Waals surface area contributed by atoms with E-state index >= 15 is 0 Å². The van der Waals surface area contributed by atoms with Gasteiger partial charge in [-0.25, -0.2) is 28.1 Å². The maximum atomic E-state index is 13.6. The zero-order valence-electron chi connectivity index (χ0n) is 18.4. The molecule has 174 valence electrons. The van der Waals surface area contributed by atoms with Crippen LogP contribution in [0.3, 0.4) is 0 Å². The van der Waals surface area contributed by atoms with Crippen LogP contribution in [0.5, 0.6) is 0 Å². The van der Waals surface area contributed by atoms with Crippen LogP contribution in [0.2, 0.25) is 0 Å². The number of rotatable bonds is 6. The molecule has 34 heavy (non-hydrogen) atoms. The summed E-state index contributed by atoms with van der Waals surface area (Å²) in [7, 11) is 0. The molecule has 0 fully saturated rings. The standard InChI is InChI=1S/C24H21F3N6O/c1-13-7-17-8-15(4-6-20(17)32-22(13)28)24(34)33(14(2)23-30-10-18(25)11-31-23)12-19-5-3-16(9-29-19)21(26)27/h3-11,14,21H,12H2,1-2H3,(H2,28,32). The van der Waals surface area contributed by atoms with E-state index in [1.165, 1.54) is 17.0 Å². The number of nitrogens with zero attached hydrogens (tertiary/aromatic N) is 5. The number of nitrogen functional groups attached to an aromatic ring is 1. The summed E-state index contributed by atoms with van der Waals surface area (Å²) in [4.78, 5) is 31.5. The summed E-state index contributed by atoms with van der Waals surface area (Å²) in [5.74, 6) is -0.329. The summed E-state index contributed by atoms with van der Waals surface area (Å²) in [5.41, 5.74) is 7.87. The van der Waals surface area contributed by atoms with E-state index in [0.29, 0.717) is 22.6 Å². The number of alkyl halides is 2. The molecule has 3 heterocycles. The fraction of sp³-hybridized carbons (Fsp3) is 0.208. The number of aryl methyl sites for hydroxylation is 1.